The van der Waals surface area contributed by atoms with Gasteiger partial charge >= 0.3 is 6.09 Å². The summed E-state index contributed by atoms with van der Waals surface area (Å²) >= 11 is 5.94. The maximum Gasteiger partial charge on any atom is 0.410 e. The van der Waals surface area contributed by atoms with Crippen molar-refractivity contribution in [3.8, 4) is 5.75 Å². The van der Waals surface area contributed by atoms with Gasteiger partial charge in [-0.05, 0) is 57.7 Å². The Morgan fingerprint density at radius 3 is 2.57 bits per heavy atom. The molecular formula is C17H23ClFNO3. The Hall–Kier alpha value is -1.49. The lowest BCUT2D eigenvalue weighted by molar-refractivity contribution is 0.0165. The number of benzene rings is 1. The van der Waals surface area contributed by atoms with Crippen LogP contribution in [-0.4, -0.2) is 36.3 Å². The Morgan fingerprint density at radius 2 is 2.00 bits per heavy atom. The van der Waals surface area contributed by atoms with Crippen molar-refractivity contribution in [1.29, 1.82) is 0 Å². The van der Waals surface area contributed by atoms with Gasteiger partial charge in [-0.3, -0.25) is 0 Å². The second-order valence-corrected chi connectivity index (χ2v) is 7.20. The molecular weight excluding hydrogens is 321 g/mol. The fourth-order valence-electron chi connectivity index (χ4n) is 2.41. The normalized spacial score (nSPS) is 16.3. The number of hydrogen-bond acceptors (Lipinski definition) is 3. The summed E-state index contributed by atoms with van der Waals surface area (Å²) in [5.74, 6) is 0.450. The van der Waals surface area contributed by atoms with E-state index in [1.165, 1.54) is 18.2 Å². The zero-order valence-electron chi connectivity index (χ0n) is 13.8. The molecule has 128 valence electrons. The van der Waals surface area contributed by atoms with Gasteiger partial charge in [0.1, 0.15) is 17.2 Å². The first kappa shape index (κ1) is 17.9. The second kappa shape index (κ2) is 7.39. The third-order valence-electron chi connectivity index (χ3n) is 3.63. The van der Waals surface area contributed by atoms with Gasteiger partial charge in [-0.25, -0.2) is 9.18 Å². The summed E-state index contributed by atoms with van der Waals surface area (Å²) in [7, 11) is 0. The van der Waals surface area contributed by atoms with E-state index in [-0.39, 0.29) is 16.9 Å². The van der Waals surface area contributed by atoms with Gasteiger partial charge in [0.2, 0.25) is 0 Å². The maximum atomic E-state index is 13.0. The first-order valence-corrected chi connectivity index (χ1v) is 8.18. The van der Waals surface area contributed by atoms with Crippen molar-refractivity contribution in [1.82, 2.24) is 4.90 Å². The molecule has 0 radical (unpaired) electrons. The Morgan fingerprint density at radius 1 is 1.35 bits per heavy atom. The molecule has 1 aromatic rings. The smallest absolute Gasteiger partial charge is 0.410 e. The van der Waals surface area contributed by atoms with Crippen LogP contribution in [0.15, 0.2) is 18.2 Å². The van der Waals surface area contributed by atoms with Crippen LogP contribution in [-0.2, 0) is 4.74 Å². The first-order valence-electron chi connectivity index (χ1n) is 7.80. The van der Waals surface area contributed by atoms with Crippen molar-refractivity contribution >= 4 is 17.7 Å². The van der Waals surface area contributed by atoms with E-state index in [2.05, 4.69) is 0 Å². The van der Waals surface area contributed by atoms with Gasteiger partial charge in [-0.15, -0.1) is 0 Å². The van der Waals surface area contributed by atoms with Crippen molar-refractivity contribution in [3.05, 3.63) is 29.0 Å². The predicted molar refractivity (Wildman–Crippen MR) is 87.4 cm³/mol. The monoisotopic (exact) mass is 343 g/mol. The minimum atomic E-state index is -0.476. The van der Waals surface area contributed by atoms with Crippen LogP contribution >= 0.6 is 11.6 Å². The van der Waals surface area contributed by atoms with E-state index in [1.54, 1.807) is 4.90 Å². The Labute approximate surface area is 141 Å². The highest BCUT2D eigenvalue weighted by Crippen LogP contribution is 2.27. The van der Waals surface area contributed by atoms with Crippen LogP contribution in [0.5, 0.6) is 5.75 Å². The topological polar surface area (TPSA) is 38.8 Å². The zero-order valence-corrected chi connectivity index (χ0v) is 14.5. The molecule has 1 aromatic carbocycles. The Balaban J connectivity index is 1.77. The van der Waals surface area contributed by atoms with Gasteiger partial charge in [0.25, 0.3) is 0 Å². The van der Waals surface area contributed by atoms with Gasteiger partial charge in [0, 0.05) is 13.1 Å². The minimum absolute atomic E-state index is 0.265. The summed E-state index contributed by atoms with van der Waals surface area (Å²) in [5.41, 5.74) is -0.476. The van der Waals surface area contributed by atoms with Crippen molar-refractivity contribution in [2.45, 2.75) is 39.2 Å². The number of amides is 1. The number of likely N-dealkylation sites (tertiary alicyclic amines) is 1. The van der Waals surface area contributed by atoms with E-state index in [0.29, 0.717) is 31.4 Å². The number of carbonyl (C=O) groups is 1. The highest BCUT2D eigenvalue weighted by atomic mass is 35.5. The van der Waals surface area contributed by atoms with Crippen LogP contribution in [0.3, 0.4) is 0 Å². The third-order valence-corrected chi connectivity index (χ3v) is 3.93. The van der Waals surface area contributed by atoms with Crippen molar-refractivity contribution < 1.29 is 18.7 Å². The largest absolute Gasteiger partial charge is 0.492 e. The molecule has 4 nitrogen and oxygen atoms in total. The highest BCUT2D eigenvalue weighted by Gasteiger charge is 2.27. The molecule has 1 heterocycles. The van der Waals surface area contributed by atoms with Crippen LogP contribution < -0.4 is 4.74 Å². The van der Waals surface area contributed by atoms with E-state index in [0.717, 1.165) is 12.8 Å². The van der Waals surface area contributed by atoms with Gasteiger partial charge in [0.05, 0.1) is 11.6 Å². The van der Waals surface area contributed by atoms with Gasteiger partial charge < -0.3 is 14.4 Å². The van der Waals surface area contributed by atoms with Crippen molar-refractivity contribution in [2.75, 3.05) is 19.7 Å². The van der Waals surface area contributed by atoms with Crippen LogP contribution in [0, 0.1) is 11.7 Å². The Kier molecular flexibility index (Phi) is 5.74. The van der Waals surface area contributed by atoms with Crippen LogP contribution in [0.2, 0.25) is 5.02 Å². The summed E-state index contributed by atoms with van der Waals surface area (Å²) in [6.07, 6.45) is 1.43. The molecule has 0 bridgehead atoms. The van der Waals surface area contributed by atoms with Crippen molar-refractivity contribution in [3.63, 3.8) is 0 Å². The van der Waals surface area contributed by atoms with Crippen LogP contribution in [0.25, 0.3) is 0 Å². The lowest BCUT2D eigenvalue weighted by Gasteiger charge is -2.33. The molecule has 0 aliphatic carbocycles. The number of nitrogens with zero attached hydrogens (tertiary/aromatic N) is 1. The molecule has 0 unspecified atom stereocenters. The molecule has 1 fully saturated rings. The fourth-order valence-corrected chi connectivity index (χ4v) is 2.63. The Bertz CT molecular complexity index is 551. The average Bonchev–Trinajstić information content (AvgIpc) is 2.45. The predicted octanol–water partition coefficient (Wildman–Crippen LogP) is 4.51. The molecule has 6 heteroatoms. The second-order valence-electron chi connectivity index (χ2n) is 6.80. The van der Waals surface area contributed by atoms with E-state index in [4.69, 9.17) is 21.1 Å². The standard InChI is InChI=1S/C17H23ClFNO3/c1-17(2,3)23-16(21)20-8-6-12(7-9-20)11-22-15-5-4-13(19)10-14(15)18/h4-5,10,12H,6-9,11H2,1-3H3. The van der Waals surface area contributed by atoms with Crippen LogP contribution in [0.4, 0.5) is 9.18 Å². The lowest BCUT2D eigenvalue weighted by Crippen LogP contribution is -2.42. The summed E-state index contributed by atoms with van der Waals surface area (Å²) in [5, 5.41) is 0.274. The molecule has 0 N–H and O–H groups in total. The molecule has 1 aliphatic rings. The molecule has 2 rings (SSSR count). The number of rotatable bonds is 3. The minimum Gasteiger partial charge on any atom is -0.492 e. The first-order chi connectivity index (χ1) is 10.7. The molecule has 1 aliphatic heterocycles. The van der Waals surface area contributed by atoms with Gasteiger partial charge in [0.15, 0.2) is 0 Å². The van der Waals surface area contributed by atoms with E-state index in [1.807, 2.05) is 20.8 Å². The van der Waals surface area contributed by atoms with E-state index < -0.39 is 5.60 Å². The maximum absolute atomic E-state index is 13.0. The number of hydrogen-bond donors (Lipinski definition) is 0. The molecule has 1 amide bonds. The summed E-state index contributed by atoms with van der Waals surface area (Å²) in [6, 6.07) is 4.10. The van der Waals surface area contributed by atoms with E-state index >= 15 is 0 Å². The summed E-state index contributed by atoms with van der Waals surface area (Å²) in [6.45, 7) is 7.39. The molecule has 0 saturated carbocycles. The molecule has 23 heavy (non-hydrogen) atoms. The lowest BCUT2D eigenvalue weighted by atomic mass is 9.98. The quantitative estimate of drug-likeness (QED) is 0.810. The molecule has 0 spiro atoms. The summed E-state index contributed by atoms with van der Waals surface area (Å²) < 4.78 is 24.0. The zero-order chi connectivity index (χ0) is 17.0. The SMILES string of the molecule is CC(C)(C)OC(=O)N1CCC(COc2ccc(F)cc2Cl)CC1. The number of piperidine rings is 1. The van der Waals surface area contributed by atoms with Gasteiger partial charge in [-0.2, -0.15) is 0 Å². The third kappa shape index (κ3) is 5.57. The van der Waals surface area contributed by atoms with Crippen molar-refractivity contribution in [2.24, 2.45) is 5.92 Å². The van der Waals surface area contributed by atoms with Crippen LogP contribution in [0.1, 0.15) is 33.6 Å². The highest BCUT2D eigenvalue weighted by molar-refractivity contribution is 6.32. The van der Waals surface area contributed by atoms with E-state index in [9.17, 15) is 9.18 Å². The summed E-state index contributed by atoms with van der Waals surface area (Å²) in [4.78, 5) is 13.7. The number of halogens is 2. The molecule has 1 saturated heterocycles. The number of carbonyl (C=O) groups excluding carboxylic acids is 1. The van der Waals surface area contributed by atoms with Gasteiger partial charge in [-0.1, -0.05) is 11.6 Å². The molecule has 0 aromatic heterocycles. The number of ether oxygens (including phenoxy) is 2. The molecule has 0 atom stereocenters. The fraction of sp³-hybridized carbons (Fsp3) is 0.588. The average molecular weight is 344 g/mol.